The molecule has 0 saturated heterocycles. The molecule has 0 saturated carbocycles. The first kappa shape index (κ1) is 21.4. The minimum absolute atomic E-state index is 0.0959. The van der Waals surface area contributed by atoms with Gasteiger partial charge < -0.3 is 15.5 Å². The molecular weight excluding hydrogens is 370 g/mol. The molecule has 0 heterocycles. The molecule has 0 aromatic heterocycles. The van der Waals surface area contributed by atoms with E-state index in [2.05, 4.69) is 54.5 Å². The van der Waals surface area contributed by atoms with Crippen LogP contribution in [0.25, 0.3) is 0 Å². The molecule has 0 aliphatic carbocycles. The summed E-state index contributed by atoms with van der Waals surface area (Å²) >= 11 is 0. The van der Waals surface area contributed by atoms with Crippen LogP contribution < -0.4 is 15.5 Å². The summed E-state index contributed by atoms with van der Waals surface area (Å²) in [5.74, 6) is -0.0959. The quantitative estimate of drug-likeness (QED) is 0.465. The van der Waals surface area contributed by atoms with Gasteiger partial charge in [0, 0.05) is 42.3 Å². The van der Waals surface area contributed by atoms with Crippen molar-refractivity contribution in [1.29, 1.82) is 0 Å². The Bertz CT molecular complexity index is 962. The van der Waals surface area contributed by atoms with Crippen molar-refractivity contribution < 1.29 is 4.79 Å². The van der Waals surface area contributed by atoms with Crippen LogP contribution in [0.2, 0.25) is 0 Å². The highest BCUT2D eigenvalue weighted by Crippen LogP contribution is 2.19. The average molecular weight is 402 g/mol. The van der Waals surface area contributed by atoms with Crippen LogP contribution in [-0.2, 0) is 13.0 Å². The van der Waals surface area contributed by atoms with E-state index < -0.39 is 0 Å². The Kier molecular flexibility index (Phi) is 7.50. The molecule has 0 bridgehead atoms. The summed E-state index contributed by atoms with van der Waals surface area (Å²) in [6, 6.07) is 24.1. The van der Waals surface area contributed by atoms with E-state index in [4.69, 9.17) is 0 Å². The summed E-state index contributed by atoms with van der Waals surface area (Å²) in [6.07, 6.45) is 0.985. The predicted molar refractivity (Wildman–Crippen MR) is 128 cm³/mol. The fourth-order valence-electron chi connectivity index (χ4n) is 3.57. The second-order valence-corrected chi connectivity index (χ2v) is 7.24. The number of para-hydroxylation sites is 1. The topological polar surface area (TPSA) is 44.4 Å². The molecule has 0 unspecified atom stereocenters. The molecule has 0 aliphatic heterocycles. The minimum atomic E-state index is -0.0959. The molecule has 4 heteroatoms. The molecule has 3 rings (SSSR count). The van der Waals surface area contributed by atoms with Crippen molar-refractivity contribution in [3.05, 3.63) is 89.5 Å². The van der Waals surface area contributed by atoms with Crippen LogP contribution in [-0.4, -0.2) is 19.0 Å². The Morgan fingerprint density at radius 1 is 0.867 bits per heavy atom. The van der Waals surface area contributed by atoms with Crippen molar-refractivity contribution >= 4 is 23.0 Å². The zero-order valence-corrected chi connectivity index (χ0v) is 18.1. The summed E-state index contributed by atoms with van der Waals surface area (Å²) < 4.78 is 0. The highest BCUT2D eigenvalue weighted by molar-refractivity contribution is 6.04. The zero-order valence-electron chi connectivity index (χ0n) is 18.1. The van der Waals surface area contributed by atoms with Gasteiger partial charge in [0.25, 0.3) is 5.91 Å². The third-order valence-corrected chi connectivity index (χ3v) is 5.32. The Morgan fingerprint density at radius 3 is 2.30 bits per heavy atom. The van der Waals surface area contributed by atoms with Gasteiger partial charge in [-0.05, 0) is 73.9 Å². The van der Waals surface area contributed by atoms with Crippen molar-refractivity contribution in [2.75, 3.05) is 28.6 Å². The lowest BCUT2D eigenvalue weighted by Gasteiger charge is -2.21. The van der Waals surface area contributed by atoms with Gasteiger partial charge in [0.15, 0.2) is 0 Å². The van der Waals surface area contributed by atoms with Gasteiger partial charge in [0.2, 0.25) is 0 Å². The van der Waals surface area contributed by atoms with Crippen molar-refractivity contribution in [3.8, 4) is 0 Å². The highest BCUT2D eigenvalue weighted by atomic mass is 16.1. The van der Waals surface area contributed by atoms with E-state index >= 15 is 0 Å². The number of benzene rings is 3. The van der Waals surface area contributed by atoms with E-state index in [1.807, 2.05) is 54.6 Å². The molecule has 0 fully saturated rings. The summed E-state index contributed by atoms with van der Waals surface area (Å²) in [6.45, 7) is 9.04. The van der Waals surface area contributed by atoms with Crippen LogP contribution in [0.4, 0.5) is 17.1 Å². The number of rotatable bonds is 9. The van der Waals surface area contributed by atoms with Gasteiger partial charge in [-0.2, -0.15) is 0 Å². The number of carbonyl (C=O) groups excluding carboxylic acids is 1. The molecular formula is C26H31N3O. The number of amides is 1. The third-order valence-electron chi connectivity index (χ3n) is 5.32. The van der Waals surface area contributed by atoms with Crippen molar-refractivity contribution in [2.24, 2.45) is 0 Å². The molecule has 3 aromatic rings. The highest BCUT2D eigenvalue weighted by Gasteiger charge is 2.08. The zero-order chi connectivity index (χ0) is 21.3. The van der Waals surface area contributed by atoms with Gasteiger partial charge in [-0.1, -0.05) is 37.3 Å². The van der Waals surface area contributed by atoms with Crippen LogP contribution in [0, 0.1) is 0 Å². The Balaban J connectivity index is 1.64. The van der Waals surface area contributed by atoms with Crippen molar-refractivity contribution in [3.63, 3.8) is 0 Å². The average Bonchev–Trinajstić information content (AvgIpc) is 2.80. The van der Waals surface area contributed by atoms with Gasteiger partial charge in [0.1, 0.15) is 0 Å². The van der Waals surface area contributed by atoms with E-state index in [0.717, 1.165) is 36.4 Å². The molecule has 156 valence electrons. The number of carbonyl (C=O) groups is 1. The molecule has 1 amide bonds. The Morgan fingerprint density at radius 2 is 1.60 bits per heavy atom. The van der Waals surface area contributed by atoms with Gasteiger partial charge in [-0.3, -0.25) is 4.79 Å². The van der Waals surface area contributed by atoms with Crippen LogP contribution in [0.15, 0.2) is 72.8 Å². The number of nitrogens with zero attached hydrogens (tertiary/aromatic N) is 1. The van der Waals surface area contributed by atoms with Crippen LogP contribution >= 0.6 is 0 Å². The smallest absolute Gasteiger partial charge is 0.255 e. The van der Waals surface area contributed by atoms with E-state index in [9.17, 15) is 4.79 Å². The normalized spacial score (nSPS) is 10.5. The molecule has 0 atom stereocenters. The van der Waals surface area contributed by atoms with Crippen LogP contribution in [0.3, 0.4) is 0 Å². The second-order valence-electron chi connectivity index (χ2n) is 7.24. The lowest BCUT2D eigenvalue weighted by molar-refractivity contribution is 0.102. The fourth-order valence-corrected chi connectivity index (χ4v) is 3.57. The molecule has 3 aromatic carbocycles. The minimum Gasteiger partial charge on any atom is -0.381 e. The number of nitrogens with one attached hydrogen (secondary N) is 2. The molecule has 0 aliphatic rings. The third kappa shape index (κ3) is 5.41. The molecule has 2 N–H and O–H groups in total. The number of hydrogen-bond donors (Lipinski definition) is 2. The van der Waals surface area contributed by atoms with Gasteiger partial charge in [-0.25, -0.2) is 0 Å². The SMILES string of the molecule is CCc1ccccc1NCc1cccc(C(=O)Nc2ccc(N(CC)CC)cc2)c1. The van der Waals surface area contributed by atoms with E-state index in [0.29, 0.717) is 12.1 Å². The number of anilines is 3. The molecule has 0 radical (unpaired) electrons. The molecule has 4 nitrogen and oxygen atoms in total. The van der Waals surface area contributed by atoms with Gasteiger partial charge in [0.05, 0.1) is 0 Å². The Labute approximate surface area is 179 Å². The van der Waals surface area contributed by atoms with E-state index in [1.165, 1.54) is 11.3 Å². The maximum Gasteiger partial charge on any atom is 0.255 e. The van der Waals surface area contributed by atoms with Crippen molar-refractivity contribution in [2.45, 2.75) is 33.7 Å². The van der Waals surface area contributed by atoms with Crippen LogP contribution in [0.1, 0.15) is 42.3 Å². The Hall–Kier alpha value is -3.27. The summed E-state index contributed by atoms with van der Waals surface area (Å²) in [5, 5.41) is 6.49. The van der Waals surface area contributed by atoms with Crippen molar-refractivity contribution in [1.82, 2.24) is 0 Å². The molecule has 30 heavy (non-hydrogen) atoms. The molecule has 0 spiro atoms. The first-order valence-corrected chi connectivity index (χ1v) is 10.7. The lowest BCUT2D eigenvalue weighted by Crippen LogP contribution is -2.21. The van der Waals surface area contributed by atoms with E-state index in [-0.39, 0.29) is 5.91 Å². The first-order chi connectivity index (χ1) is 14.6. The lowest BCUT2D eigenvalue weighted by atomic mass is 10.1. The maximum atomic E-state index is 12.7. The first-order valence-electron chi connectivity index (χ1n) is 10.7. The fraction of sp³-hybridized carbons (Fsp3) is 0.269. The standard InChI is InChI=1S/C26H31N3O/c1-4-21-11-7-8-13-25(21)27-19-20-10-9-12-22(18-20)26(30)28-23-14-16-24(17-15-23)29(5-2)6-3/h7-18,27H,4-6,19H2,1-3H3,(H,28,30). The maximum absolute atomic E-state index is 12.7. The summed E-state index contributed by atoms with van der Waals surface area (Å²) in [5.41, 5.74) is 6.13. The number of aryl methyl sites for hydroxylation is 1. The van der Waals surface area contributed by atoms with Gasteiger partial charge in [-0.15, -0.1) is 0 Å². The largest absolute Gasteiger partial charge is 0.381 e. The predicted octanol–water partition coefficient (Wildman–Crippen LogP) is 5.96. The van der Waals surface area contributed by atoms with Crippen LogP contribution in [0.5, 0.6) is 0 Å². The monoisotopic (exact) mass is 401 g/mol. The number of hydrogen-bond acceptors (Lipinski definition) is 3. The summed E-state index contributed by atoms with van der Waals surface area (Å²) in [7, 11) is 0. The van der Waals surface area contributed by atoms with Gasteiger partial charge >= 0.3 is 0 Å². The summed E-state index contributed by atoms with van der Waals surface area (Å²) in [4.78, 5) is 15.0. The second kappa shape index (κ2) is 10.5. The van der Waals surface area contributed by atoms with E-state index in [1.54, 1.807) is 0 Å².